The van der Waals surface area contributed by atoms with Gasteiger partial charge in [-0.3, -0.25) is 4.68 Å². The summed E-state index contributed by atoms with van der Waals surface area (Å²) in [5, 5.41) is 12.0. The first-order chi connectivity index (χ1) is 13.1. The summed E-state index contributed by atoms with van der Waals surface area (Å²) in [4.78, 5) is 9.31. The molecule has 2 heterocycles. The first-order valence-electron chi connectivity index (χ1n) is 8.92. The third-order valence-electron chi connectivity index (χ3n) is 4.66. The number of benzene rings is 2. The fourth-order valence-corrected chi connectivity index (χ4v) is 2.93. The molecular formula is C21H22N6. The van der Waals surface area contributed by atoms with E-state index in [4.69, 9.17) is 4.98 Å². The van der Waals surface area contributed by atoms with Gasteiger partial charge in [-0.15, -0.1) is 0 Å². The molecule has 2 N–H and O–H groups in total. The van der Waals surface area contributed by atoms with Crippen LogP contribution in [0.3, 0.4) is 0 Å². The summed E-state index contributed by atoms with van der Waals surface area (Å²) in [6, 6.07) is 16.5. The molecule has 0 fully saturated rings. The molecule has 0 atom stereocenters. The van der Waals surface area contributed by atoms with Gasteiger partial charge in [-0.2, -0.15) is 15.1 Å². The van der Waals surface area contributed by atoms with Crippen LogP contribution in [0.25, 0.3) is 11.0 Å². The third-order valence-corrected chi connectivity index (χ3v) is 4.66. The highest BCUT2D eigenvalue weighted by atomic mass is 15.3. The molecule has 136 valence electrons. The quantitative estimate of drug-likeness (QED) is 0.556. The molecule has 0 unspecified atom stereocenters. The van der Waals surface area contributed by atoms with Crippen LogP contribution in [0.1, 0.15) is 16.7 Å². The van der Waals surface area contributed by atoms with Crippen molar-refractivity contribution in [3.05, 3.63) is 71.4 Å². The lowest BCUT2D eigenvalue weighted by Gasteiger charge is -2.11. The average Bonchev–Trinajstić information content (AvgIpc) is 3.05. The molecule has 27 heavy (non-hydrogen) atoms. The Bertz CT molecular complexity index is 1080. The van der Waals surface area contributed by atoms with E-state index < -0.39 is 0 Å². The van der Waals surface area contributed by atoms with Crippen LogP contribution in [0.15, 0.2) is 54.7 Å². The van der Waals surface area contributed by atoms with Crippen molar-refractivity contribution in [2.45, 2.75) is 20.4 Å². The highest BCUT2D eigenvalue weighted by Gasteiger charge is 2.12. The minimum atomic E-state index is 0.571. The lowest BCUT2D eigenvalue weighted by atomic mass is 10.1. The van der Waals surface area contributed by atoms with Crippen molar-refractivity contribution >= 4 is 28.5 Å². The molecule has 0 bridgehead atoms. The Morgan fingerprint density at radius 3 is 2.56 bits per heavy atom. The molecule has 0 radical (unpaired) electrons. The molecular weight excluding hydrogens is 336 g/mol. The monoisotopic (exact) mass is 358 g/mol. The summed E-state index contributed by atoms with van der Waals surface area (Å²) in [5.74, 6) is 1.31. The Balaban J connectivity index is 1.67. The smallest absolute Gasteiger partial charge is 0.227 e. The van der Waals surface area contributed by atoms with E-state index in [1.807, 2.05) is 25.2 Å². The molecule has 0 aliphatic carbocycles. The predicted molar refractivity (Wildman–Crippen MR) is 109 cm³/mol. The van der Waals surface area contributed by atoms with Crippen molar-refractivity contribution in [1.29, 1.82) is 0 Å². The Kier molecular flexibility index (Phi) is 4.46. The SMILES string of the molecule is Cc1ccc(Nc2nc(NCc3ccccc3)nc3c2cnn3C)cc1C. The number of aromatic nitrogens is 4. The van der Waals surface area contributed by atoms with Crippen LogP contribution in [-0.4, -0.2) is 19.7 Å². The predicted octanol–water partition coefficient (Wildman–Crippen LogP) is 4.34. The van der Waals surface area contributed by atoms with Crippen LogP contribution in [-0.2, 0) is 13.6 Å². The van der Waals surface area contributed by atoms with E-state index in [-0.39, 0.29) is 0 Å². The van der Waals surface area contributed by atoms with Crippen molar-refractivity contribution in [1.82, 2.24) is 19.7 Å². The van der Waals surface area contributed by atoms with Gasteiger partial charge in [0.2, 0.25) is 5.95 Å². The number of nitrogens with zero attached hydrogens (tertiary/aromatic N) is 4. The molecule has 4 rings (SSSR count). The van der Waals surface area contributed by atoms with Crippen LogP contribution in [0.5, 0.6) is 0 Å². The maximum atomic E-state index is 4.69. The molecule has 6 nitrogen and oxygen atoms in total. The van der Waals surface area contributed by atoms with Crippen molar-refractivity contribution in [3.8, 4) is 0 Å². The van der Waals surface area contributed by atoms with Gasteiger partial charge >= 0.3 is 0 Å². The number of rotatable bonds is 5. The van der Waals surface area contributed by atoms with E-state index in [0.29, 0.717) is 12.5 Å². The summed E-state index contributed by atoms with van der Waals surface area (Å²) < 4.78 is 1.76. The van der Waals surface area contributed by atoms with Crippen molar-refractivity contribution < 1.29 is 0 Å². The summed E-state index contributed by atoms with van der Waals surface area (Å²) in [7, 11) is 1.89. The topological polar surface area (TPSA) is 67.7 Å². The molecule has 4 aromatic rings. The Hall–Kier alpha value is -3.41. The number of aryl methyl sites for hydroxylation is 3. The molecule has 0 aliphatic heterocycles. The maximum absolute atomic E-state index is 4.69. The molecule has 0 amide bonds. The van der Waals surface area contributed by atoms with Crippen molar-refractivity contribution in [2.75, 3.05) is 10.6 Å². The second-order valence-electron chi connectivity index (χ2n) is 6.66. The molecule has 2 aromatic carbocycles. The minimum absolute atomic E-state index is 0.571. The van der Waals surface area contributed by atoms with Gasteiger partial charge in [0.15, 0.2) is 5.65 Å². The van der Waals surface area contributed by atoms with Gasteiger partial charge in [-0.25, -0.2) is 0 Å². The fourth-order valence-electron chi connectivity index (χ4n) is 2.93. The van der Waals surface area contributed by atoms with Crippen molar-refractivity contribution in [2.24, 2.45) is 7.05 Å². The molecule has 0 aliphatic rings. The Morgan fingerprint density at radius 2 is 1.78 bits per heavy atom. The highest BCUT2D eigenvalue weighted by Crippen LogP contribution is 2.26. The van der Waals surface area contributed by atoms with E-state index in [9.17, 15) is 0 Å². The zero-order valence-corrected chi connectivity index (χ0v) is 15.7. The van der Waals surface area contributed by atoms with Crippen LogP contribution in [0, 0.1) is 13.8 Å². The van der Waals surface area contributed by atoms with Crippen LogP contribution < -0.4 is 10.6 Å². The number of nitrogens with one attached hydrogen (secondary N) is 2. The molecule has 6 heteroatoms. The van der Waals surface area contributed by atoms with Gasteiger partial charge in [0.05, 0.1) is 11.6 Å². The zero-order valence-electron chi connectivity index (χ0n) is 15.7. The second-order valence-corrected chi connectivity index (χ2v) is 6.66. The number of hydrogen-bond donors (Lipinski definition) is 2. The molecule has 0 spiro atoms. The van der Waals surface area contributed by atoms with Crippen molar-refractivity contribution in [3.63, 3.8) is 0 Å². The van der Waals surface area contributed by atoms with E-state index in [1.54, 1.807) is 10.9 Å². The minimum Gasteiger partial charge on any atom is -0.350 e. The summed E-state index contributed by atoms with van der Waals surface area (Å²) in [6.07, 6.45) is 1.79. The van der Waals surface area contributed by atoms with E-state index in [2.05, 4.69) is 64.9 Å². The van der Waals surface area contributed by atoms with Crippen LogP contribution >= 0.6 is 0 Å². The summed E-state index contributed by atoms with van der Waals surface area (Å²) >= 11 is 0. The fraction of sp³-hybridized carbons (Fsp3) is 0.190. The van der Waals surface area contributed by atoms with Gasteiger partial charge in [-0.05, 0) is 42.7 Å². The first-order valence-corrected chi connectivity index (χ1v) is 8.92. The van der Waals surface area contributed by atoms with Gasteiger partial charge in [0.25, 0.3) is 0 Å². The van der Waals surface area contributed by atoms with Crippen LogP contribution in [0.4, 0.5) is 17.5 Å². The largest absolute Gasteiger partial charge is 0.350 e. The summed E-state index contributed by atoms with van der Waals surface area (Å²) in [5.41, 5.74) is 5.46. The number of fused-ring (bicyclic) bond motifs is 1. The first kappa shape index (κ1) is 17.0. The summed E-state index contributed by atoms with van der Waals surface area (Å²) in [6.45, 7) is 4.87. The molecule has 0 saturated carbocycles. The highest BCUT2D eigenvalue weighted by molar-refractivity contribution is 5.89. The maximum Gasteiger partial charge on any atom is 0.227 e. The number of hydrogen-bond acceptors (Lipinski definition) is 5. The average molecular weight is 358 g/mol. The van der Waals surface area contributed by atoms with E-state index in [1.165, 1.54) is 16.7 Å². The van der Waals surface area contributed by atoms with Gasteiger partial charge in [0.1, 0.15) is 5.82 Å². The lowest BCUT2D eigenvalue weighted by molar-refractivity contribution is 0.785. The molecule has 0 saturated heterocycles. The molecule has 2 aromatic heterocycles. The zero-order chi connectivity index (χ0) is 18.8. The normalized spacial score (nSPS) is 10.9. The Labute approximate surface area is 158 Å². The lowest BCUT2D eigenvalue weighted by Crippen LogP contribution is -2.07. The van der Waals surface area contributed by atoms with E-state index >= 15 is 0 Å². The second kappa shape index (κ2) is 7.07. The van der Waals surface area contributed by atoms with Gasteiger partial charge in [-0.1, -0.05) is 36.4 Å². The van der Waals surface area contributed by atoms with Crippen LogP contribution in [0.2, 0.25) is 0 Å². The number of anilines is 3. The third kappa shape index (κ3) is 3.60. The van der Waals surface area contributed by atoms with E-state index in [0.717, 1.165) is 22.5 Å². The standard InChI is InChI=1S/C21H22N6/c1-14-9-10-17(11-15(14)2)24-19-18-13-23-27(3)20(18)26-21(25-19)22-12-16-7-5-4-6-8-16/h4-11,13H,12H2,1-3H3,(H2,22,24,25,26). The van der Waals surface area contributed by atoms with Gasteiger partial charge < -0.3 is 10.6 Å². The Morgan fingerprint density at radius 1 is 0.963 bits per heavy atom. The van der Waals surface area contributed by atoms with Gasteiger partial charge in [0, 0.05) is 19.3 Å².